The highest BCUT2D eigenvalue weighted by Gasteiger charge is 2.65. The Morgan fingerprint density at radius 2 is 1.64 bits per heavy atom. The van der Waals surface area contributed by atoms with E-state index < -0.39 is 5.97 Å². The van der Waals surface area contributed by atoms with Crippen molar-refractivity contribution in [2.24, 2.45) is 75.4 Å². The number of fused-ring (bicyclic) bond motifs is 7. The molecule has 0 aromatic heterocycles. The second-order valence-corrected chi connectivity index (χ2v) is 21.5. The minimum Gasteiger partial charge on any atom is -0.489 e. The van der Waals surface area contributed by atoms with Crippen LogP contribution in [0.4, 0.5) is 0 Å². The maximum absolute atomic E-state index is 14.1. The summed E-state index contributed by atoms with van der Waals surface area (Å²) in [7, 11) is 0. The zero-order valence-electron chi connectivity index (χ0n) is 36.0. The van der Waals surface area contributed by atoms with Gasteiger partial charge in [-0.15, -0.1) is 0 Å². The molecule has 1 heterocycles. The number of carbonyl (C=O) groups is 4. The molecule has 1 saturated heterocycles. The number of carboxylic acids is 1. The largest absolute Gasteiger partial charge is 0.489 e. The Labute approximate surface area is 351 Å². The lowest BCUT2D eigenvalue weighted by Crippen LogP contribution is -2.60. The zero-order chi connectivity index (χ0) is 41.3. The molecule has 0 radical (unpaired) electrons. The Kier molecular flexibility index (Phi) is 11.6. The van der Waals surface area contributed by atoms with Crippen molar-refractivity contribution in [1.82, 2.24) is 10.6 Å². The number of ether oxygens (including phenoxy) is 1. The van der Waals surface area contributed by atoms with Crippen LogP contribution in [0.5, 0.6) is 5.75 Å². The minimum atomic E-state index is -0.760. The number of halogens is 1. The van der Waals surface area contributed by atoms with Crippen molar-refractivity contribution in [2.45, 2.75) is 138 Å². The van der Waals surface area contributed by atoms with Crippen LogP contribution in [-0.4, -0.2) is 54.3 Å². The fraction of sp³-hybridized carbons (Fsp3) is 0.755. The molecule has 12 atom stereocenters. The summed E-state index contributed by atoms with van der Waals surface area (Å²) < 4.78 is 6.35. The molecule has 6 aliphatic carbocycles. The maximum atomic E-state index is 14.1. The van der Waals surface area contributed by atoms with Gasteiger partial charge >= 0.3 is 5.97 Å². The minimum absolute atomic E-state index is 0.0492. The van der Waals surface area contributed by atoms with Gasteiger partial charge in [-0.1, -0.05) is 58.7 Å². The number of hydrogen-bond acceptors (Lipinski definition) is 6. The first-order valence-electron chi connectivity index (χ1n) is 23.1. The summed E-state index contributed by atoms with van der Waals surface area (Å²) >= 11 is 6.38. The molecule has 12 unspecified atom stereocenters. The highest BCUT2D eigenvalue weighted by molar-refractivity contribution is 6.30. The van der Waals surface area contributed by atoms with Crippen LogP contribution in [0, 0.1) is 75.4 Å². The molecule has 3 N–H and O–H groups in total. The fourth-order valence-corrected chi connectivity index (χ4v) is 15.2. The number of hydrogen-bond donors (Lipinski definition) is 3. The Morgan fingerprint density at radius 3 is 2.34 bits per heavy atom. The van der Waals surface area contributed by atoms with Crippen molar-refractivity contribution in [1.29, 1.82) is 0 Å². The van der Waals surface area contributed by atoms with Crippen molar-refractivity contribution >= 4 is 35.0 Å². The normalized spacial score (nSPS) is 39.9. The topological polar surface area (TPSA) is 122 Å². The number of piperidine rings is 1. The number of benzene rings is 1. The highest BCUT2D eigenvalue weighted by atomic mass is 35.5. The van der Waals surface area contributed by atoms with E-state index in [0.717, 1.165) is 70.0 Å². The molecular formula is C49H69ClN2O6. The van der Waals surface area contributed by atoms with Gasteiger partial charge in [0, 0.05) is 35.7 Å². The van der Waals surface area contributed by atoms with E-state index in [1.165, 1.54) is 24.8 Å². The van der Waals surface area contributed by atoms with Crippen LogP contribution >= 0.6 is 11.6 Å². The molecule has 1 aromatic rings. The van der Waals surface area contributed by atoms with Crippen LogP contribution in [0.2, 0.25) is 5.02 Å². The Balaban J connectivity index is 0.964. The number of rotatable bonds is 11. The summed E-state index contributed by atoms with van der Waals surface area (Å²) in [6, 6.07) is 5.29. The van der Waals surface area contributed by atoms with Crippen LogP contribution in [0.3, 0.4) is 0 Å². The van der Waals surface area contributed by atoms with Crippen LogP contribution in [0.25, 0.3) is 0 Å². The van der Waals surface area contributed by atoms with Crippen LogP contribution in [-0.2, 0) is 14.4 Å². The predicted octanol–water partition coefficient (Wildman–Crippen LogP) is 9.72. The molecule has 0 bridgehead atoms. The SMILES string of the molecule is CC(C)C1=C2C3CCC4C(C)(CCC5C(C)C(CC(=O)C6CC(C(=O)O)C6C)CCC54C)C3CCC2(CCNC(=O)c2ccc(Cl)cc2OC2CCNCC2)CC1=O. The van der Waals surface area contributed by atoms with Crippen molar-refractivity contribution in [3.63, 3.8) is 0 Å². The van der Waals surface area contributed by atoms with E-state index in [-0.39, 0.29) is 51.9 Å². The van der Waals surface area contributed by atoms with E-state index in [4.69, 9.17) is 16.3 Å². The number of amides is 1. The summed E-state index contributed by atoms with van der Waals surface area (Å²) in [6.45, 7) is 16.3. The van der Waals surface area contributed by atoms with Gasteiger partial charge in [0.05, 0.1) is 11.5 Å². The first kappa shape index (κ1) is 42.0. The molecular weight excluding hydrogens is 748 g/mol. The third-order valence-corrected chi connectivity index (χ3v) is 18.4. The number of ketones is 2. The average Bonchev–Trinajstić information content (AvgIpc) is 3.47. The first-order valence-corrected chi connectivity index (χ1v) is 23.4. The molecule has 1 amide bonds. The van der Waals surface area contributed by atoms with E-state index in [1.807, 2.05) is 6.92 Å². The number of carboxylic acid groups (broad SMARTS) is 1. The van der Waals surface area contributed by atoms with Crippen LogP contribution in [0.1, 0.15) is 142 Å². The van der Waals surface area contributed by atoms with Gasteiger partial charge in [-0.25, -0.2) is 0 Å². The molecule has 58 heavy (non-hydrogen) atoms. The molecule has 1 aliphatic heterocycles. The van der Waals surface area contributed by atoms with E-state index in [1.54, 1.807) is 18.2 Å². The Bertz CT molecular complexity index is 1840. The smallest absolute Gasteiger partial charge is 0.306 e. The second-order valence-electron chi connectivity index (χ2n) is 21.1. The summed E-state index contributed by atoms with van der Waals surface area (Å²) in [5.74, 6) is 2.94. The van der Waals surface area contributed by atoms with Crippen LogP contribution < -0.4 is 15.4 Å². The van der Waals surface area contributed by atoms with Gasteiger partial charge < -0.3 is 20.5 Å². The predicted molar refractivity (Wildman–Crippen MR) is 227 cm³/mol. The maximum Gasteiger partial charge on any atom is 0.306 e. The fourth-order valence-electron chi connectivity index (χ4n) is 15.1. The van der Waals surface area contributed by atoms with Gasteiger partial charge in [-0.05, 0) is 172 Å². The van der Waals surface area contributed by atoms with Gasteiger partial charge in [0.2, 0.25) is 0 Å². The molecule has 8 rings (SSSR count). The van der Waals surface area contributed by atoms with E-state index in [0.29, 0.717) is 89.2 Å². The van der Waals surface area contributed by atoms with Crippen molar-refractivity contribution in [3.8, 4) is 5.75 Å². The molecule has 6 fully saturated rings. The zero-order valence-corrected chi connectivity index (χ0v) is 36.7. The van der Waals surface area contributed by atoms with E-state index >= 15 is 0 Å². The molecule has 1 aromatic carbocycles. The van der Waals surface area contributed by atoms with Gasteiger partial charge in [-0.3, -0.25) is 19.2 Å². The van der Waals surface area contributed by atoms with Crippen molar-refractivity contribution < 1.29 is 29.0 Å². The number of nitrogens with one attached hydrogen (secondary N) is 2. The third kappa shape index (κ3) is 7.10. The van der Waals surface area contributed by atoms with Gasteiger partial charge in [0.1, 0.15) is 17.6 Å². The standard InChI is InChI=1S/C49H69ClN2O6/c1-27(2)43-40(54)26-49(19-22-52-45(55)34-8-7-31(50)24-41(34)58-32-14-20-51-21-15-32)18-13-38-33(44(43)49)9-10-42-47(5)16-11-30(28(3)37(47)12-17-48(38,42)6)23-39(53)35-25-36(29(35)4)46(56)57/h7-8,24,27-30,32-33,35-38,42,51H,9-23,25-26H2,1-6H3,(H,52,55)(H,56,57). The summed E-state index contributed by atoms with van der Waals surface area (Å²) in [5, 5.41) is 16.7. The van der Waals surface area contributed by atoms with Crippen molar-refractivity contribution in [2.75, 3.05) is 19.6 Å². The molecule has 8 nitrogen and oxygen atoms in total. The summed E-state index contributed by atoms with van der Waals surface area (Å²) in [6.07, 6.45) is 13.4. The lowest BCUT2D eigenvalue weighted by atomic mass is 9.37. The lowest BCUT2D eigenvalue weighted by Gasteiger charge is -2.67. The quantitative estimate of drug-likeness (QED) is 0.203. The first-order chi connectivity index (χ1) is 27.6. The molecule has 7 aliphatic rings. The average molecular weight is 818 g/mol. The lowest BCUT2D eigenvalue weighted by molar-refractivity contribution is -0.172. The summed E-state index contributed by atoms with van der Waals surface area (Å²) in [5.41, 5.74) is 3.28. The van der Waals surface area contributed by atoms with Gasteiger partial charge in [0.25, 0.3) is 5.91 Å². The molecule has 5 saturated carbocycles. The Morgan fingerprint density at radius 1 is 0.931 bits per heavy atom. The van der Waals surface area contributed by atoms with Gasteiger partial charge in [0.15, 0.2) is 5.78 Å². The van der Waals surface area contributed by atoms with Gasteiger partial charge in [-0.2, -0.15) is 0 Å². The van der Waals surface area contributed by atoms with Crippen LogP contribution in [0.15, 0.2) is 29.3 Å². The Hall–Kier alpha value is -2.71. The second kappa shape index (κ2) is 16.0. The highest BCUT2D eigenvalue weighted by Crippen LogP contribution is 2.72. The molecule has 9 heteroatoms. The monoisotopic (exact) mass is 816 g/mol. The van der Waals surface area contributed by atoms with Crippen molar-refractivity contribution in [3.05, 3.63) is 39.9 Å². The van der Waals surface area contributed by atoms with E-state index in [9.17, 15) is 24.3 Å². The third-order valence-electron chi connectivity index (χ3n) is 18.1. The summed E-state index contributed by atoms with van der Waals surface area (Å²) in [4.78, 5) is 53.0. The number of allylic oxidation sites excluding steroid dienone is 2. The number of aliphatic carboxylic acids is 1. The number of Topliss-reactive ketones (excluding diaryl/α,β-unsaturated/α-hetero) is 2. The van der Waals surface area contributed by atoms with E-state index in [2.05, 4.69) is 45.3 Å². The molecule has 318 valence electrons. The number of carbonyl (C=O) groups excluding carboxylic acids is 3. The molecule has 0 spiro atoms.